The lowest BCUT2D eigenvalue weighted by Crippen LogP contribution is -2.33. The monoisotopic (exact) mass is 322 g/mol. The fraction of sp³-hybridized carbons (Fsp3) is 0.350. The van der Waals surface area contributed by atoms with Crippen LogP contribution in [0.5, 0.6) is 11.5 Å². The topological polar surface area (TPSA) is 45.5 Å². The van der Waals surface area contributed by atoms with Gasteiger partial charge in [0.2, 0.25) is 0 Å². The smallest absolute Gasteiger partial charge is 0.161 e. The molecule has 24 heavy (non-hydrogen) atoms. The second-order valence-corrected chi connectivity index (χ2v) is 6.11. The van der Waals surface area contributed by atoms with Gasteiger partial charge in [0.05, 0.1) is 25.9 Å². The molecule has 124 valence electrons. The average Bonchev–Trinajstić information content (AvgIpc) is 2.63. The Morgan fingerprint density at radius 2 is 1.92 bits per heavy atom. The molecule has 1 unspecified atom stereocenters. The van der Waals surface area contributed by atoms with Crippen molar-refractivity contribution in [3.05, 3.63) is 58.7 Å². The summed E-state index contributed by atoms with van der Waals surface area (Å²) >= 11 is 0. The lowest BCUT2D eigenvalue weighted by Gasteiger charge is -2.35. The van der Waals surface area contributed by atoms with Gasteiger partial charge in [-0.3, -0.25) is 4.90 Å². The Balaban J connectivity index is 1.86. The highest BCUT2D eigenvalue weighted by Gasteiger charge is 2.25. The molecule has 0 radical (unpaired) electrons. The summed E-state index contributed by atoms with van der Waals surface area (Å²) < 4.78 is 10.9. The van der Waals surface area contributed by atoms with Gasteiger partial charge in [0, 0.05) is 19.1 Å². The van der Waals surface area contributed by atoms with Crippen LogP contribution in [0.2, 0.25) is 0 Å². The fourth-order valence-electron chi connectivity index (χ4n) is 3.39. The Hall–Kier alpha value is -2.51. The van der Waals surface area contributed by atoms with Crippen LogP contribution in [-0.2, 0) is 13.0 Å². The Morgan fingerprint density at radius 1 is 1.17 bits per heavy atom. The van der Waals surface area contributed by atoms with E-state index >= 15 is 0 Å². The first-order chi connectivity index (χ1) is 11.7. The summed E-state index contributed by atoms with van der Waals surface area (Å²) in [5, 5.41) is 9.07. The first kappa shape index (κ1) is 16.4. The Labute approximate surface area is 143 Å². The molecule has 2 aromatic carbocycles. The summed E-state index contributed by atoms with van der Waals surface area (Å²) in [5.41, 5.74) is 4.49. The van der Waals surface area contributed by atoms with Crippen LogP contribution in [-0.4, -0.2) is 25.7 Å². The third-order valence-corrected chi connectivity index (χ3v) is 4.75. The van der Waals surface area contributed by atoms with E-state index in [0.717, 1.165) is 31.0 Å². The van der Waals surface area contributed by atoms with E-state index in [4.69, 9.17) is 14.7 Å². The molecule has 4 nitrogen and oxygen atoms in total. The highest BCUT2D eigenvalue weighted by Crippen LogP contribution is 2.38. The van der Waals surface area contributed by atoms with Crippen molar-refractivity contribution in [2.24, 2.45) is 0 Å². The molecule has 1 heterocycles. The van der Waals surface area contributed by atoms with E-state index in [1.54, 1.807) is 14.2 Å². The normalized spacial score (nSPS) is 17.0. The van der Waals surface area contributed by atoms with Gasteiger partial charge in [-0.25, -0.2) is 0 Å². The van der Waals surface area contributed by atoms with Crippen molar-refractivity contribution in [3.8, 4) is 17.6 Å². The van der Waals surface area contributed by atoms with E-state index in [-0.39, 0.29) is 0 Å². The molecule has 0 saturated carbocycles. The fourth-order valence-corrected chi connectivity index (χ4v) is 3.39. The van der Waals surface area contributed by atoms with Gasteiger partial charge < -0.3 is 9.47 Å². The van der Waals surface area contributed by atoms with Crippen LogP contribution >= 0.6 is 0 Å². The number of methoxy groups -OCH3 is 2. The van der Waals surface area contributed by atoms with Crippen LogP contribution < -0.4 is 9.47 Å². The largest absolute Gasteiger partial charge is 0.493 e. The van der Waals surface area contributed by atoms with Crippen molar-refractivity contribution in [2.75, 3.05) is 20.8 Å². The molecular weight excluding hydrogens is 300 g/mol. The highest BCUT2D eigenvalue weighted by molar-refractivity contribution is 5.49. The zero-order chi connectivity index (χ0) is 17.1. The minimum Gasteiger partial charge on any atom is -0.493 e. The van der Waals surface area contributed by atoms with Gasteiger partial charge in [-0.15, -0.1) is 0 Å². The Morgan fingerprint density at radius 3 is 2.62 bits per heavy atom. The Kier molecular flexibility index (Phi) is 4.73. The van der Waals surface area contributed by atoms with Crippen molar-refractivity contribution in [2.45, 2.75) is 25.9 Å². The number of benzene rings is 2. The number of nitriles is 1. The molecule has 0 saturated heterocycles. The maximum absolute atomic E-state index is 9.07. The summed E-state index contributed by atoms with van der Waals surface area (Å²) in [5.74, 6) is 1.56. The molecule has 0 amide bonds. The van der Waals surface area contributed by atoms with Crippen molar-refractivity contribution < 1.29 is 9.47 Å². The third-order valence-electron chi connectivity index (χ3n) is 4.75. The number of rotatable bonds is 4. The van der Waals surface area contributed by atoms with Crippen LogP contribution in [0, 0.1) is 11.3 Å². The summed E-state index contributed by atoms with van der Waals surface area (Å²) in [4.78, 5) is 2.44. The van der Waals surface area contributed by atoms with E-state index in [9.17, 15) is 0 Å². The quantitative estimate of drug-likeness (QED) is 0.861. The van der Waals surface area contributed by atoms with Gasteiger partial charge >= 0.3 is 0 Å². The molecule has 1 atom stereocenters. The van der Waals surface area contributed by atoms with E-state index in [1.807, 2.05) is 18.2 Å². The number of hydrogen-bond acceptors (Lipinski definition) is 4. The maximum atomic E-state index is 9.07. The van der Waals surface area contributed by atoms with Crippen molar-refractivity contribution in [3.63, 3.8) is 0 Å². The predicted octanol–water partition coefficient (Wildman–Crippen LogP) is 3.69. The van der Waals surface area contributed by atoms with Gasteiger partial charge in [0.1, 0.15) is 0 Å². The molecule has 4 heteroatoms. The first-order valence-corrected chi connectivity index (χ1v) is 8.14. The standard InChI is InChI=1S/C20H22N2O2/c1-14-18-11-20(24-3)19(23-2)10-17(18)7-8-22(14)13-16-6-4-5-15(9-16)12-21/h4-6,9-11,14H,7-8,13H2,1-3H3. The molecule has 0 aromatic heterocycles. The number of fused-ring (bicyclic) bond motifs is 1. The number of hydrogen-bond donors (Lipinski definition) is 0. The van der Waals surface area contributed by atoms with Crippen LogP contribution in [0.3, 0.4) is 0 Å². The van der Waals surface area contributed by atoms with Gasteiger partial charge in [-0.05, 0) is 54.3 Å². The molecule has 0 aliphatic carbocycles. The summed E-state index contributed by atoms with van der Waals surface area (Å²) in [7, 11) is 3.34. The second kappa shape index (κ2) is 6.94. The van der Waals surface area contributed by atoms with Crippen LogP contribution in [0.4, 0.5) is 0 Å². The van der Waals surface area contributed by atoms with Crippen LogP contribution in [0.15, 0.2) is 36.4 Å². The molecule has 1 aliphatic rings. The van der Waals surface area contributed by atoms with E-state index in [0.29, 0.717) is 11.6 Å². The summed E-state index contributed by atoms with van der Waals surface area (Å²) in [6, 6.07) is 14.5. The van der Waals surface area contributed by atoms with Crippen molar-refractivity contribution in [1.82, 2.24) is 4.90 Å². The van der Waals surface area contributed by atoms with Gasteiger partial charge in [0.15, 0.2) is 11.5 Å². The van der Waals surface area contributed by atoms with Crippen molar-refractivity contribution in [1.29, 1.82) is 5.26 Å². The summed E-state index contributed by atoms with van der Waals surface area (Å²) in [6.45, 7) is 4.04. The Bertz CT molecular complexity index is 780. The molecular formula is C20H22N2O2. The average molecular weight is 322 g/mol. The number of nitrogens with zero attached hydrogens (tertiary/aromatic N) is 2. The molecule has 0 spiro atoms. The lowest BCUT2D eigenvalue weighted by molar-refractivity contribution is 0.189. The second-order valence-electron chi connectivity index (χ2n) is 6.11. The minimum absolute atomic E-state index is 0.291. The highest BCUT2D eigenvalue weighted by atomic mass is 16.5. The molecule has 0 bridgehead atoms. The van der Waals surface area contributed by atoms with Gasteiger partial charge in [0.25, 0.3) is 0 Å². The molecule has 0 N–H and O–H groups in total. The minimum atomic E-state index is 0.291. The first-order valence-electron chi connectivity index (χ1n) is 8.14. The van der Waals surface area contributed by atoms with Crippen LogP contribution in [0.25, 0.3) is 0 Å². The predicted molar refractivity (Wildman–Crippen MR) is 93.2 cm³/mol. The zero-order valence-electron chi connectivity index (χ0n) is 14.4. The lowest BCUT2D eigenvalue weighted by atomic mass is 9.92. The maximum Gasteiger partial charge on any atom is 0.161 e. The van der Waals surface area contributed by atoms with Gasteiger partial charge in [-0.2, -0.15) is 5.26 Å². The number of ether oxygens (including phenoxy) is 2. The van der Waals surface area contributed by atoms with Gasteiger partial charge in [-0.1, -0.05) is 12.1 Å². The zero-order valence-corrected chi connectivity index (χ0v) is 14.4. The van der Waals surface area contributed by atoms with E-state index in [2.05, 4.69) is 36.1 Å². The molecule has 3 rings (SSSR count). The SMILES string of the molecule is COc1cc2c(cc1OC)C(C)N(Cc1cccc(C#N)c1)CC2. The van der Waals surface area contributed by atoms with E-state index < -0.39 is 0 Å². The molecule has 2 aromatic rings. The molecule has 1 aliphatic heterocycles. The van der Waals surface area contributed by atoms with Crippen LogP contribution in [0.1, 0.15) is 35.2 Å². The van der Waals surface area contributed by atoms with E-state index in [1.165, 1.54) is 16.7 Å². The summed E-state index contributed by atoms with van der Waals surface area (Å²) in [6.07, 6.45) is 0.984. The molecule has 0 fully saturated rings. The van der Waals surface area contributed by atoms with Crippen molar-refractivity contribution >= 4 is 0 Å². The third kappa shape index (κ3) is 3.08.